The molecule has 0 amide bonds. The van der Waals surface area contributed by atoms with Gasteiger partial charge in [-0.15, -0.1) is 0 Å². The minimum Gasteiger partial charge on any atom is -0.481 e. The Hall–Kier alpha value is -0.610. The largest absolute Gasteiger partial charge is 0.481 e. The van der Waals surface area contributed by atoms with E-state index in [0.717, 1.165) is 25.9 Å². The molecule has 2 saturated heterocycles. The highest BCUT2D eigenvalue weighted by Gasteiger charge is 2.21. The van der Waals surface area contributed by atoms with E-state index in [-0.39, 0.29) is 0 Å². The molecule has 104 valence electrons. The standard InChI is InChI=1S/C14H26N2O2/c17-14(18)12-13-4-10-16(11-5-13)9-3-8-15-6-1-2-7-15/h13H,1-12H2,(H,17,18). The number of hydrogen-bond donors (Lipinski definition) is 1. The van der Waals surface area contributed by atoms with Crippen molar-refractivity contribution in [3.8, 4) is 0 Å². The highest BCUT2D eigenvalue weighted by molar-refractivity contribution is 5.67. The number of carbonyl (C=O) groups is 1. The number of piperidine rings is 1. The Labute approximate surface area is 110 Å². The van der Waals surface area contributed by atoms with Crippen molar-refractivity contribution in [2.24, 2.45) is 5.92 Å². The van der Waals surface area contributed by atoms with Crippen LogP contribution in [-0.2, 0) is 4.79 Å². The smallest absolute Gasteiger partial charge is 0.303 e. The molecule has 0 aliphatic carbocycles. The zero-order valence-corrected chi connectivity index (χ0v) is 11.3. The van der Waals surface area contributed by atoms with Gasteiger partial charge >= 0.3 is 5.97 Å². The molecule has 0 spiro atoms. The van der Waals surface area contributed by atoms with Gasteiger partial charge in [0.1, 0.15) is 0 Å². The first-order chi connectivity index (χ1) is 8.74. The summed E-state index contributed by atoms with van der Waals surface area (Å²) in [5.41, 5.74) is 0. The van der Waals surface area contributed by atoms with Gasteiger partial charge in [0, 0.05) is 6.42 Å². The van der Waals surface area contributed by atoms with Gasteiger partial charge in [-0.2, -0.15) is 0 Å². The SMILES string of the molecule is O=C(O)CC1CCN(CCCN2CCCC2)CC1. The second-order valence-electron chi connectivity index (χ2n) is 5.79. The van der Waals surface area contributed by atoms with E-state index in [4.69, 9.17) is 5.11 Å². The number of rotatable bonds is 6. The summed E-state index contributed by atoms with van der Waals surface area (Å²) in [5.74, 6) is -0.222. The summed E-state index contributed by atoms with van der Waals surface area (Å²) in [5, 5.41) is 8.78. The number of likely N-dealkylation sites (tertiary alicyclic amines) is 2. The molecule has 2 rings (SSSR count). The molecule has 0 radical (unpaired) electrons. The van der Waals surface area contributed by atoms with Crippen molar-refractivity contribution < 1.29 is 9.90 Å². The maximum atomic E-state index is 10.6. The molecule has 0 unspecified atom stereocenters. The van der Waals surface area contributed by atoms with Crippen LogP contribution in [0.15, 0.2) is 0 Å². The van der Waals surface area contributed by atoms with Gasteiger partial charge in [-0.3, -0.25) is 4.79 Å². The van der Waals surface area contributed by atoms with Crippen LogP contribution in [-0.4, -0.2) is 60.1 Å². The average Bonchev–Trinajstić information content (AvgIpc) is 2.84. The molecule has 0 bridgehead atoms. The highest BCUT2D eigenvalue weighted by Crippen LogP contribution is 2.20. The van der Waals surface area contributed by atoms with Gasteiger partial charge in [-0.05, 0) is 77.3 Å². The van der Waals surface area contributed by atoms with Crippen LogP contribution >= 0.6 is 0 Å². The molecular weight excluding hydrogens is 228 g/mol. The number of carboxylic acid groups (broad SMARTS) is 1. The summed E-state index contributed by atoms with van der Waals surface area (Å²) in [6.07, 6.45) is 6.51. The fraction of sp³-hybridized carbons (Fsp3) is 0.929. The van der Waals surface area contributed by atoms with E-state index in [1.54, 1.807) is 0 Å². The van der Waals surface area contributed by atoms with Crippen molar-refractivity contribution in [1.29, 1.82) is 0 Å². The summed E-state index contributed by atoms with van der Waals surface area (Å²) in [4.78, 5) is 15.7. The average molecular weight is 254 g/mol. The summed E-state index contributed by atoms with van der Waals surface area (Å²) in [6.45, 7) is 7.21. The van der Waals surface area contributed by atoms with Gasteiger partial charge in [0.2, 0.25) is 0 Å². The van der Waals surface area contributed by atoms with Crippen LogP contribution in [0.3, 0.4) is 0 Å². The predicted molar refractivity (Wildman–Crippen MR) is 71.7 cm³/mol. The lowest BCUT2D eigenvalue weighted by atomic mass is 9.93. The minimum absolute atomic E-state index is 0.363. The number of hydrogen-bond acceptors (Lipinski definition) is 3. The summed E-state index contributed by atoms with van der Waals surface area (Å²) < 4.78 is 0. The van der Waals surface area contributed by atoms with E-state index in [1.807, 2.05) is 0 Å². The molecule has 4 nitrogen and oxygen atoms in total. The lowest BCUT2D eigenvalue weighted by Gasteiger charge is -2.31. The van der Waals surface area contributed by atoms with Crippen LogP contribution in [0.5, 0.6) is 0 Å². The third-order valence-corrected chi connectivity index (χ3v) is 4.32. The van der Waals surface area contributed by atoms with Gasteiger partial charge in [0.05, 0.1) is 0 Å². The lowest BCUT2D eigenvalue weighted by Crippen LogP contribution is -2.36. The molecule has 4 heteroatoms. The van der Waals surface area contributed by atoms with Crippen molar-refractivity contribution in [2.45, 2.75) is 38.5 Å². The first-order valence-corrected chi connectivity index (χ1v) is 7.40. The quantitative estimate of drug-likeness (QED) is 0.783. The Kier molecular flexibility index (Phi) is 5.45. The second-order valence-corrected chi connectivity index (χ2v) is 5.79. The Morgan fingerprint density at radius 3 is 2.11 bits per heavy atom. The summed E-state index contributed by atoms with van der Waals surface area (Å²) in [7, 11) is 0. The molecule has 0 atom stereocenters. The van der Waals surface area contributed by atoms with Crippen molar-refractivity contribution in [1.82, 2.24) is 9.80 Å². The van der Waals surface area contributed by atoms with Crippen LogP contribution in [0, 0.1) is 5.92 Å². The normalized spacial score (nSPS) is 23.6. The van der Waals surface area contributed by atoms with Crippen LogP contribution < -0.4 is 0 Å². The third-order valence-electron chi connectivity index (χ3n) is 4.32. The molecule has 0 aromatic heterocycles. The van der Waals surface area contributed by atoms with Gasteiger partial charge in [-0.1, -0.05) is 0 Å². The number of aliphatic carboxylic acids is 1. The first kappa shape index (κ1) is 13.8. The van der Waals surface area contributed by atoms with Crippen LogP contribution in [0.2, 0.25) is 0 Å². The zero-order chi connectivity index (χ0) is 12.8. The third kappa shape index (κ3) is 4.58. The Morgan fingerprint density at radius 1 is 1.00 bits per heavy atom. The van der Waals surface area contributed by atoms with Crippen LogP contribution in [0.25, 0.3) is 0 Å². The second kappa shape index (κ2) is 7.10. The van der Waals surface area contributed by atoms with E-state index in [0.29, 0.717) is 12.3 Å². The van der Waals surface area contributed by atoms with Gasteiger partial charge in [0.25, 0.3) is 0 Å². The maximum absolute atomic E-state index is 10.6. The van der Waals surface area contributed by atoms with Gasteiger partial charge < -0.3 is 14.9 Å². The molecule has 0 saturated carbocycles. The molecule has 1 N–H and O–H groups in total. The molecule has 2 aliphatic rings. The monoisotopic (exact) mass is 254 g/mol. The maximum Gasteiger partial charge on any atom is 0.303 e. The molecule has 18 heavy (non-hydrogen) atoms. The van der Waals surface area contributed by atoms with E-state index >= 15 is 0 Å². The topological polar surface area (TPSA) is 43.8 Å². The van der Waals surface area contributed by atoms with Gasteiger partial charge in [-0.25, -0.2) is 0 Å². The highest BCUT2D eigenvalue weighted by atomic mass is 16.4. The molecule has 0 aromatic carbocycles. The zero-order valence-electron chi connectivity index (χ0n) is 11.3. The number of carboxylic acids is 1. The fourth-order valence-electron chi connectivity index (χ4n) is 3.19. The Bertz CT molecular complexity index is 257. The predicted octanol–water partition coefficient (Wildman–Crippen LogP) is 1.66. The van der Waals surface area contributed by atoms with Crippen LogP contribution in [0.1, 0.15) is 38.5 Å². The molecule has 0 aromatic rings. The molecule has 2 fully saturated rings. The van der Waals surface area contributed by atoms with Gasteiger partial charge in [0.15, 0.2) is 0 Å². The summed E-state index contributed by atoms with van der Waals surface area (Å²) in [6, 6.07) is 0. The Balaban J connectivity index is 1.54. The van der Waals surface area contributed by atoms with Crippen molar-refractivity contribution in [3.05, 3.63) is 0 Å². The first-order valence-electron chi connectivity index (χ1n) is 7.40. The lowest BCUT2D eigenvalue weighted by molar-refractivity contribution is -0.138. The number of nitrogens with zero attached hydrogens (tertiary/aromatic N) is 2. The van der Waals surface area contributed by atoms with E-state index in [1.165, 1.54) is 45.4 Å². The van der Waals surface area contributed by atoms with Crippen molar-refractivity contribution in [2.75, 3.05) is 39.3 Å². The fourth-order valence-corrected chi connectivity index (χ4v) is 3.19. The van der Waals surface area contributed by atoms with E-state index in [2.05, 4.69) is 9.80 Å². The van der Waals surface area contributed by atoms with E-state index in [9.17, 15) is 4.79 Å². The summed E-state index contributed by atoms with van der Waals surface area (Å²) >= 11 is 0. The Morgan fingerprint density at radius 2 is 1.56 bits per heavy atom. The van der Waals surface area contributed by atoms with Crippen molar-refractivity contribution in [3.63, 3.8) is 0 Å². The molecule has 2 aliphatic heterocycles. The minimum atomic E-state index is -0.637. The van der Waals surface area contributed by atoms with Crippen molar-refractivity contribution >= 4 is 5.97 Å². The van der Waals surface area contributed by atoms with E-state index < -0.39 is 5.97 Å². The molecular formula is C14H26N2O2. The molecule has 2 heterocycles. The van der Waals surface area contributed by atoms with Crippen LogP contribution in [0.4, 0.5) is 0 Å².